The van der Waals surface area contributed by atoms with E-state index in [0.717, 1.165) is 56.8 Å². The van der Waals surface area contributed by atoms with E-state index in [1.807, 2.05) is 11.0 Å². The summed E-state index contributed by atoms with van der Waals surface area (Å²) in [5.41, 5.74) is 3.34. The van der Waals surface area contributed by atoms with Crippen LogP contribution in [0.25, 0.3) is 0 Å². The molecule has 0 radical (unpaired) electrons. The third kappa shape index (κ3) is 4.74. The Labute approximate surface area is 192 Å². The van der Waals surface area contributed by atoms with Crippen LogP contribution in [0.4, 0.5) is 0 Å². The largest absolute Gasteiger partial charge is 0.497 e. The van der Waals surface area contributed by atoms with E-state index in [1.165, 1.54) is 16.8 Å². The fourth-order valence-electron chi connectivity index (χ4n) is 5.27. The van der Waals surface area contributed by atoms with Crippen LogP contribution in [0.2, 0.25) is 0 Å². The highest BCUT2D eigenvalue weighted by atomic mass is 16.5. The van der Waals surface area contributed by atoms with Crippen LogP contribution in [0.15, 0.2) is 23.9 Å². The Hall–Kier alpha value is -2.25. The number of ether oxygens (including phenoxy) is 3. The van der Waals surface area contributed by atoms with E-state index in [-0.39, 0.29) is 11.5 Å². The first kappa shape index (κ1) is 24.4. The van der Waals surface area contributed by atoms with Gasteiger partial charge in [0.1, 0.15) is 11.5 Å². The number of nitrogens with zero attached hydrogens (tertiary/aromatic N) is 3. The molecule has 178 valence electrons. The number of carbonyl (C=O) groups excluding carboxylic acids is 1. The van der Waals surface area contributed by atoms with Gasteiger partial charge in [0, 0.05) is 63.6 Å². The van der Waals surface area contributed by atoms with Crippen molar-refractivity contribution in [1.29, 1.82) is 0 Å². The topological polar surface area (TPSA) is 54.5 Å². The number of rotatable bonds is 8. The highest BCUT2D eigenvalue weighted by Crippen LogP contribution is 2.42. The van der Waals surface area contributed by atoms with Crippen LogP contribution < -0.4 is 9.47 Å². The molecule has 1 aromatic rings. The first-order valence-electron chi connectivity index (χ1n) is 11.5. The molecule has 1 aromatic carbocycles. The highest BCUT2D eigenvalue weighted by Gasteiger charge is 2.44. The predicted molar refractivity (Wildman–Crippen MR) is 126 cm³/mol. The summed E-state index contributed by atoms with van der Waals surface area (Å²) in [6.07, 6.45) is 6.06. The minimum absolute atomic E-state index is 0.135. The molecule has 0 saturated carbocycles. The van der Waals surface area contributed by atoms with E-state index in [1.54, 1.807) is 21.3 Å². The van der Waals surface area contributed by atoms with Crippen molar-refractivity contribution in [2.45, 2.75) is 37.6 Å². The van der Waals surface area contributed by atoms with Crippen LogP contribution in [0.5, 0.6) is 11.5 Å². The van der Waals surface area contributed by atoms with Gasteiger partial charge in [-0.05, 0) is 37.9 Å². The molecule has 0 bridgehead atoms. The molecule has 32 heavy (non-hydrogen) atoms. The third-order valence-corrected chi connectivity index (χ3v) is 7.15. The molecule has 0 N–H and O–H groups in total. The summed E-state index contributed by atoms with van der Waals surface area (Å²) in [5.74, 6) is 1.81. The number of hydrogen-bond donors (Lipinski definition) is 0. The van der Waals surface area contributed by atoms with Gasteiger partial charge >= 0.3 is 0 Å². The lowest BCUT2D eigenvalue weighted by molar-refractivity contribution is -0.126. The van der Waals surface area contributed by atoms with Crippen molar-refractivity contribution >= 4 is 6.41 Å². The average Bonchev–Trinajstić information content (AvgIpc) is 2.81. The molecule has 1 amide bonds. The molecule has 2 aliphatic rings. The zero-order valence-corrected chi connectivity index (χ0v) is 20.5. The molecule has 1 saturated heterocycles. The number of benzene rings is 1. The number of fused-ring (bicyclic) bond motifs is 1. The molecule has 1 atom stereocenters. The normalized spacial score (nSPS) is 22.8. The molecule has 0 spiro atoms. The minimum atomic E-state index is -0.340. The van der Waals surface area contributed by atoms with Crippen LogP contribution in [0.1, 0.15) is 36.8 Å². The summed E-state index contributed by atoms with van der Waals surface area (Å²) in [6, 6.07) is 4.10. The molecule has 0 aliphatic carbocycles. The van der Waals surface area contributed by atoms with Crippen LogP contribution in [0.3, 0.4) is 0 Å². The number of likely N-dealkylation sites (N-methyl/N-ethyl adjacent to an activating group) is 1. The Bertz CT molecular complexity index is 818. The van der Waals surface area contributed by atoms with E-state index in [9.17, 15) is 4.79 Å². The fraction of sp³-hybridized carbons (Fsp3) is 0.640. The lowest BCUT2D eigenvalue weighted by Crippen LogP contribution is -2.59. The average molecular weight is 446 g/mol. The van der Waals surface area contributed by atoms with Gasteiger partial charge in [0.2, 0.25) is 6.41 Å². The van der Waals surface area contributed by atoms with Crippen molar-refractivity contribution in [3.8, 4) is 11.5 Å². The summed E-state index contributed by atoms with van der Waals surface area (Å²) < 4.78 is 16.6. The first-order chi connectivity index (χ1) is 15.4. The van der Waals surface area contributed by atoms with E-state index in [4.69, 9.17) is 14.2 Å². The maximum absolute atomic E-state index is 12.3. The second-order valence-electron chi connectivity index (χ2n) is 9.04. The van der Waals surface area contributed by atoms with Gasteiger partial charge in [0.15, 0.2) is 0 Å². The number of likely N-dealkylation sites (tertiary alicyclic amines) is 1. The zero-order valence-electron chi connectivity index (χ0n) is 20.5. The van der Waals surface area contributed by atoms with Gasteiger partial charge in [0.05, 0.1) is 26.4 Å². The lowest BCUT2D eigenvalue weighted by atomic mass is 9.79. The van der Waals surface area contributed by atoms with Gasteiger partial charge in [-0.1, -0.05) is 13.0 Å². The first-order valence-corrected chi connectivity index (χ1v) is 11.5. The SMILES string of the molecule is COCCN(C=O)C1(/C2=C/[C@H](C)c3c(cc(OC)cc3OC)CCN2C)CCN(C)CC1. The Balaban J connectivity index is 2.11. The summed E-state index contributed by atoms with van der Waals surface area (Å²) >= 11 is 0. The van der Waals surface area contributed by atoms with Crippen molar-refractivity contribution in [3.05, 3.63) is 35.0 Å². The Morgan fingerprint density at radius 1 is 1.12 bits per heavy atom. The van der Waals surface area contributed by atoms with E-state index in [0.29, 0.717) is 13.2 Å². The highest BCUT2D eigenvalue weighted by molar-refractivity contribution is 5.54. The maximum atomic E-state index is 12.3. The smallest absolute Gasteiger partial charge is 0.210 e. The molecular weight excluding hydrogens is 406 g/mol. The molecule has 7 heteroatoms. The third-order valence-electron chi connectivity index (χ3n) is 7.15. The number of piperidine rings is 1. The van der Waals surface area contributed by atoms with Crippen molar-refractivity contribution in [3.63, 3.8) is 0 Å². The predicted octanol–water partition coefficient (Wildman–Crippen LogP) is 2.75. The van der Waals surface area contributed by atoms with E-state index >= 15 is 0 Å². The van der Waals surface area contributed by atoms with Crippen molar-refractivity contribution in [2.24, 2.45) is 0 Å². The number of amides is 1. The number of methoxy groups -OCH3 is 3. The monoisotopic (exact) mass is 445 g/mol. The van der Waals surface area contributed by atoms with Crippen LogP contribution >= 0.6 is 0 Å². The summed E-state index contributed by atoms with van der Waals surface area (Å²) in [4.78, 5) is 19.0. The Morgan fingerprint density at radius 3 is 2.44 bits per heavy atom. The molecular formula is C25H39N3O4. The zero-order chi connectivity index (χ0) is 23.3. The minimum Gasteiger partial charge on any atom is -0.497 e. The number of carbonyl (C=O) groups is 1. The van der Waals surface area contributed by atoms with Crippen molar-refractivity contribution in [2.75, 3.05) is 68.2 Å². The van der Waals surface area contributed by atoms with Crippen LogP contribution in [-0.4, -0.2) is 94.9 Å². The molecule has 0 unspecified atom stereocenters. The molecule has 2 heterocycles. The van der Waals surface area contributed by atoms with Gasteiger partial charge in [0.25, 0.3) is 0 Å². The number of hydrogen-bond acceptors (Lipinski definition) is 6. The Kier molecular flexibility index (Phi) is 8.06. The standard InChI is InChI=1S/C25H39N3O4/c1-19-15-23(25(8-11-26(2)12-9-25)28(18-29)13-14-30-4)27(3)10-7-20-16-21(31-5)17-22(32-6)24(19)20/h15-19H,7-14H2,1-6H3/b23-15-/t19-/m0/s1. The lowest BCUT2D eigenvalue weighted by Gasteiger charge is -2.51. The molecule has 0 aromatic heterocycles. The Morgan fingerprint density at radius 2 is 1.84 bits per heavy atom. The quantitative estimate of drug-likeness (QED) is 0.574. The van der Waals surface area contributed by atoms with Crippen molar-refractivity contribution in [1.82, 2.24) is 14.7 Å². The molecule has 3 rings (SSSR count). The fourth-order valence-corrected chi connectivity index (χ4v) is 5.27. The van der Waals surface area contributed by atoms with Crippen molar-refractivity contribution < 1.29 is 19.0 Å². The van der Waals surface area contributed by atoms with Gasteiger partial charge < -0.3 is 28.9 Å². The summed E-state index contributed by atoms with van der Waals surface area (Å²) in [5, 5.41) is 0. The van der Waals surface area contributed by atoms with Gasteiger partial charge in [-0.2, -0.15) is 0 Å². The van der Waals surface area contributed by atoms with E-state index in [2.05, 4.69) is 43.0 Å². The van der Waals surface area contributed by atoms with Crippen LogP contribution in [0, 0.1) is 0 Å². The summed E-state index contributed by atoms with van der Waals surface area (Å²) in [6.45, 7) is 6.09. The second-order valence-corrected chi connectivity index (χ2v) is 9.04. The summed E-state index contributed by atoms with van der Waals surface area (Å²) in [7, 11) is 9.40. The van der Waals surface area contributed by atoms with Gasteiger partial charge in [-0.3, -0.25) is 4.79 Å². The maximum Gasteiger partial charge on any atom is 0.210 e. The van der Waals surface area contributed by atoms with Gasteiger partial charge in [-0.15, -0.1) is 0 Å². The number of allylic oxidation sites excluding steroid dienone is 1. The van der Waals surface area contributed by atoms with Gasteiger partial charge in [-0.25, -0.2) is 0 Å². The van der Waals surface area contributed by atoms with E-state index < -0.39 is 0 Å². The second kappa shape index (κ2) is 10.6. The molecule has 2 aliphatic heterocycles. The molecule has 7 nitrogen and oxygen atoms in total. The van der Waals surface area contributed by atoms with Crippen LogP contribution in [-0.2, 0) is 16.0 Å². The molecule has 1 fully saturated rings.